The number of nitrogen functional groups attached to an aromatic ring is 1. The Morgan fingerprint density at radius 1 is 0.938 bits per heavy atom. The summed E-state index contributed by atoms with van der Waals surface area (Å²) in [7, 11) is 0. The van der Waals surface area contributed by atoms with E-state index in [0.29, 0.717) is 23.3 Å². The largest absolute Gasteiger partial charge is 0.480 e. The zero-order valence-electron chi connectivity index (χ0n) is 17.2. The number of esters is 1. The number of benzene rings is 2. The van der Waals surface area contributed by atoms with Crippen molar-refractivity contribution in [2.45, 2.75) is 31.7 Å². The highest BCUT2D eigenvalue weighted by atomic mass is 16.5. The molecule has 2 amide bonds. The van der Waals surface area contributed by atoms with Crippen LogP contribution in [0.1, 0.15) is 40.7 Å². The minimum atomic E-state index is -1.24. The zero-order valence-corrected chi connectivity index (χ0v) is 17.2. The number of amides is 2. The molecule has 0 radical (unpaired) electrons. The molecule has 32 heavy (non-hydrogen) atoms. The molecule has 0 aliphatic rings. The van der Waals surface area contributed by atoms with Gasteiger partial charge in [0.2, 0.25) is 11.8 Å². The lowest BCUT2D eigenvalue weighted by molar-refractivity contribution is -0.142. The number of aryl methyl sites for hydroxylation is 1. The van der Waals surface area contributed by atoms with Crippen LogP contribution in [0, 0.1) is 5.41 Å². The Bertz CT molecular complexity index is 1000. The van der Waals surface area contributed by atoms with Gasteiger partial charge in [0, 0.05) is 18.4 Å². The molecule has 10 heteroatoms. The molecule has 2 aromatic carbocycles. The highest BCUT2D eigenvalue weighted by Crippen LogP contribution is 2.15. The van der Waals surface area contributed by atoms with Crippen molar-refractivity contribution in [1.82, 2.24) is 5.32 Å². The maximum atomic E-state index is 12.3. The van der Waals surface area contributed by atoms with E-state index in [1.165, 1.54) is 12.1 Å². The Morgan fingerprint density at radius 3 is 2.06 bits per heavy atom. The van der Waals surface area contributed by atoms with Crippen LogP contribution in [0.5, 0.6) is 5.75 Å². The van der Waals surface area contributed by atoms with E-state index >= 15 is 0 Å². The van der Waals surface area contributed by atoms with E-state index in [0.717, 1.165) is 5.56 Å². The van der Waals surface area contributed by atoms with Gasteiger partial charge in [-0.15, -0.1) is 0 Å². The standard InChI is InChI=1S/C22H24N4O6/c23-18(27)11-10-17(21(29)30)26-19(28)12-3-13-1-4-15(5-2-13)22(31)32-16-8-6-14(7-9-16)20(24)25/h1-2,4-9,17H,3,10-12H2,(H2,23,27)(H3,24,25)(H,26,28)(H,29,30)/t17-/m0/s1. The summed E-state index contributed by atoms with van der Waals surface area (Å²) in [5.74, 6) is -2.69. The van der Waals surface area contributed by atoms with Crippen molar-refractivity contribution >= 4 is 29.6 Å². The Labute approximate surface area is 184 Å². The van der Waals surface area contributed by atoms with E-state index in [2.05, 4.69) is 5.32 Å². The molecular weight excluding hydrogens is 416 g/mol. The van der Waals surface area contributed by atoms with Gasteiger partial charge in [-0.2, -0.15) is 0 Å². The quantitative estimate of drug-likeness (QED) is 0.149. The van der Waals surface area contributed by atoms with Crippen LogP contribution in [0.2, 0.25) is 0 Å². The predicted molar refractivity (Wildman–Crippen MR) is 115 cm³/mol. The smallest absolute Gasteiger partial charge is 0.343 e. The number of carboxylic acid groups (broad SMARTS) is 1. The summed E-state index contributed by atoms with van der Waals surface area (Å²) >= 11 is 0. The van der Waals surface area contributed by atoms with Gasteiger partial charge in [-0.25, -0.2) is 9.59 Å². The number of ether oxygens (including phenoxy) is 1. The third kappa shape index (κ3) is 7.56. The molecular formula is C22H24N4O6. The number of carboxylic acids is 1. The average Bonchev–Trinajstić information content (AvgIpc) is 2.75. The molecule has 0 aliphatic heterocycles. The third-order valence-electron chi connectivity index (χ3n) is 4.52. The third-order valence-corrected chi connectivity index (χ3v) is 4.52. The zero-order chi connectivity index (χ0) is 23.7. The Balaban J connectivity index is 1.86. The average molecular weight is 440 g/mol. The van der Waals surface area contributed by atoms with E-state index in [9.17, 15) is 19.2 Å². The van der Waals surface area contributed by atoms with Gasteiger partial charge in [0.05, 0.1) is 5.56 Å². The first-order valence-corrected chi connectivity index (χ1v) is 9.71. The molecule has 2 aromatic rings. The lowest BCUT2D eigenvalue weighted by atomic mass is 10.1. The molecule has 0 spiro atoms. The molecule has 0 fully saturated rings. The van der Waals surface area contributed by atoms with Crippen molar-refractivity contribution in [1.29, 1.82) is 5.41 Å². The fraction of sp³-hybridized carbons (Fsp3) is 0.227. The van der Waals surface area contributed by atoms with Crippen molar-refractivity contribution in [2.75, 3.05) is 0 Å². The highest BCUT2D eigenvalue weighted by molar-refractivity contribution is 5.95. The molecule has 0 saturated heterocycles. The molecule has 10 nitrogen and oxygen atoms in total. The van der Waals surface area contributed by atoms with Crippen LogP contribution >= 0.6 is 0 Å². The fourth-order valence-corrected chi connectivity index (χ4v) is 2.74. The number of aliphatic carboxylic acids is 1. The van der Waals surface area contributed by atoms with Crippen LogP contribution in [0.15, 0.2) is 48.5 Å². The van der Waals surface area contributed by atoms with Crippen LogP contribution in [0.3, 0.4) is 0 Å². The maximum Gasteiger partial charge on any atom is 0.343 e. The van der Waals surface area contributed by atoms with Crippen molar-refractivity contribution in [3.63, 3.8) is 0 Å². The van der Waals surface area contributed by atoms with Crippen molar-refractivity contribution in [2.24, 2.45) is 11.5 Å². The van der Waals surface area contributed by atoms with Gasteiger partial charge >= 0.3 is 11.9 Å². The first kappa shape index (κ1) is 24.1. The number of hydrogen-bond donors (Lipinski definition) is 5. The number of carbonyl (C=O) groups is 4. The number of hydrogen-bond acceptors (Lipinski definition) is 6. The second-order valence-corrected chi connectivity index (χ2v) is 6.99. The molecule has 2 rings (SSSR count). The number of nitrogens with two attached hydrogens (primary N) is 2. The molecule has 0 aliphatic carbocycles. The Kier molecular flexibility index (Phi) is 8.46. The van der Waals surface area contributed by atoms with E-state index in [4.69, 9.17) is 26.7 Å². The summed E-state index contributed by atoms with van der Waals surface area (Å²) in [5.41, 5.74) is 12.0. The van der Waals surface area contributed by atoms with Gasteiger partial charge in [0.1, 0.15) is 17.6 Å². The van der Waals surface area contributed by atoms with E-state index in [1.54, 1.807) is 36.4 Å². The summed E-state index contributed by atoms with van der Waals surface area (Å²) < 4.78 is 5.28. The molecule has 0 aromatic heterocycles. The molecule has 0 unspecified atom stereocenters. The van der Waals surface area contributed by atoms with Crippen molar-refractivity contribution < 1.29 is 29.0 Å². The van der Waals surface area contributed by atoms with Gasteiger partial charge in [-0.05, 0) is 54.8 Å². The number of primary amides is 1. The number of rotatable bonds is 11. The van der Waals surface area contributed by atoms with Crippen LogP contribution in [-0.4, -0.2) is 40.7 Å². The number of amidine groups is 1. The second-order valence-electron chi connectivity index (χ2n) is 6.99. The van der Waals surface area contributed by atoms with Crippen molar-refractivity contribution in [3.05, 3.63) is 65.2 Å². The Hall–Kier alpha value is -4.21. The van der Waals surface area contributed by atoms with Crippen LogP contribution in [-0.2, 0) is 20.8 Å². The van der Waals surface area contributed by atoms with Gasteiger partial charge in [-0.3, -0.25) is 15.0 Å². The minimum absolute atomic E-state index is 0.0344. The highest BCUT2D eigenvalue weighted by Gasteiger charge is 2.20. The number of carbonyl (C=O) groups excluding carboxylic acids is 3. The summed E-state index contributed by atoms with van der Waals surface area (Å²) in [6.45, 7) is 0. The molecule has 7 N–H and O–H groups in total. The van der Waals surface area contributed by atoms with E-state index < -0.39 is 29.8 Å². The Morgan fingerprint density at radius 2 is 1.53 bits per heavy atom. The summed E-state index contributed by atoms with van der Waals surface area (Å²) in [6.07, 6.45) is 0.142. The molecule has 1 atom stereocenters. The topological polar surface area (TPSA) is 186 Å². The summed E-state index contributed by atoms with van der Waals surface area (Å²) in [4.78, 5) is 46.3. The normalized spacial score (nSPS) is 11.2. The molecule has 0 saturated carbocycles. The van der Waals surface area contributed by atoms with Gasteiger partial charge in [0.25, 0.3) is 0 Å². The lowest BCUT2D eigenvalue weighted by Gasteiger charge is -2.13. The maximum absolute atomic E-state index is 12.3. The molecule has 168 valence electrons. The minimum Gasteiger partial charge on any atom is -0.480 e. The summed E-state index contributed by atoms with van der Waals surface area (Å²) in [6, 6.07) is 11.5. The SMILES string of the molecule is N=C(N)c1ccc(OC(=O)c2ccc(CCC(=O)N[C@@H](CCC(N)=O)C(=O)O)cc2)cc1. The second kappa shape index (κ2) is 11.3. The van der Waals surface area contributed by atoms with Crippen molar-refractivity contribution in [3.8, 4) is 5.75 Å². The fourth-order valence-electron chi connectivity index (χ4n) is 2.74. The summed E-state index contributed by atoms with van der Waals surface area (Å²) in [5, 5.41) is 18.8. The number of nitrogens with one attached hydrogen (secondary N) is 2. The molecule has 0 bridgehead atoms. The molecule has 0 heterocycles. The predicted octanol–water partition coefficient (Wildman–Crippen LogP) is 0.957. The van der Waals surface area contributed by atoms with Crippen LogP contribution < -0.4 is 21.5 Å². The first-order chi connectivity index (χ1) is 15.2. The van der Waals surface area contributed by atoms with E-state index in [-0.39, 0.29) is 25.1 Å². The van der Waals surface area contributed by atoms with E-state index in [1.807, 2.05) is 0 Å². The lowest BCUT2D eigenvalue weighted by Crippen LogP contribution is -2.41. The van der Waals surface area contributed by atoms with Crippen LogP contribution in [0.4, 0.5) is 0 Å². The van der Waals surface area contributed by atoms with Crippen LogP contribution in [0.25, 0.3) is 0 Å². The van der Waals surface area contributed by atoms with Gasteiger partial charge < -0.3 is 26.6 Å². The van der Waals surface area contributed by atoms with Gasteiger partial charge in [0.15, 0.2) is 0 Å². The monoisotopic (exact) mass is 440 g/mol. The van der Waals surface area contributed by atoms with Gasteiger partial charge in [-0.1, -0.05) is 12.1 Å². The first-order valence-electron chi connectivity index (χ1n) is 9.71.